The number of hydrogen-bond acceptors (Lipinski definition) is 5. The lowest BCUT2D eigenvalue weighted by Crippen LogP contribution is -1.86. The molecule has 0 aliphatic heterocycles. The molecule has 0 aliphatic rings. The molecule has 0 saturated heterocycles. The van der Waals surface area contributed by atoms with Crippen molar-refractivity contribution in [1.29, 1.82) is 0 Å². The van der Waals surface area contributed by atoms with Gasteiger partial charge in [-0.25, -0.2) is 4.98 Å². The number of aryl methyl sites for hydroxylation is 1. The quantitative estimate of drug-likeness (QED) is 0.581. The fourth-order valence-corrected chi connectivity index (χ4v) is 2.54. The van der Waals surface area contributed by atoms with E-state index in [1.165, 1.54) is 0 Å². The number of fused-ring (bicyclic) bond motifs is 1. The van der Waals surface area contributed by atoms with Gasteiger partial charge >= 0.3 is 0 Å². The second-order valence-corrected chi connectivity index (χ2v) is 5.17. The average molecular weight is 306 g/mol. The lowest BCUT2D eigenvalue weighted by atomic mass is 10.1. The van der Waals surface area contributed by atoms with Crippen LogP contribution in [-0.4, -0.2) is 26.9 Å². The maximum absolute atomic E-state index is 6.07. The van der Waals surface area contributed by atoms with E-state index in [0.29, 0.717) is 5.88 Å². The number of aromatic nitrogens is 4. The molecule has 0 N–H and O–H groups in total. The Morgan fingerprint density at radius 1 is 1.09 bits per heavy atom. The Hall–Kier alpha value is -3.15. The monoisotopic (exact) mass is 306 g/mol. The highest BCUT2D eigenvalue weighted by atomic mass is 16.5. The molecule has 4 rings (SSSR count). The average Bonchev–Trinajstić information content (AvgIpc) is 3.20. The summed E-state index contributed by atoms with van der Waals surface area (Å²) in [6, 6.07) is 7.56. The molecule has 0 bridgehead atoms. The van der Waals surface area contributed by atoms with Crippen LogP contribution in [0.15, 0.2) is 53.5 Å². The van der Waals surface area contributed by atoms with Crippen molar-refractivity contribution in [2.75, 3.05) is 7.11 Å². The summed E-state index contributed by atoms with van der Waals surface area (Å²) < 4.78 is 13.0. The maximum atomic E-state index is 6.07. The zero-order chi connectivity index (χ0) is 15.8. The zero-order valence-electron chi connectivity index (χ0n) is 12.7. The van der Waals surface area contributed by atoms with Gasteiger partial charge in [0.1, 0.15) is 11.3 Å². The summed E-state index contributed by atoms with van der Waals surface area (Å²) in [7, 11) is 3.48. The Balaban J connectivity index is 1.88. The minimum absolute atomic E-state index is 0.545. The Labute approximate surface area is 132 Å². The highest BCUT2D eigenvalue weighted by Crippen LogP contribution is 2.33. The molecular weight excluding hydrogens is 292 g/mol. The first kappa shape index (κ1) is 13.5. The lowest BCUT2D eigenvalue weighted by Gasteiger charge is -2.00. The predicted octanol–water partition coefficient (Wildman–Crippen LogP) is 3.30. The highest BCUT2D eigenvalue weighted by molar-refractivity contribution is 5.92. The van der Waals surface area contributed by atoms with Crippen molar-refractivity contribution < 1.29 is 9.15 Å². The predicted molar refractivity (Wildman–Crippen MR) is 86.0 cm³/mol. The fraction of sp³-hybridized carbons (Fsp3) is 0.118. The minimum Gasteiger partial charge on any atom is -0.481 e. The summed E-state index contributed by atoms with van der Waals surface area (Å²) in [5.74, 6) is 1.27. The van der Waals surface area contributed by atoms with Gasteiger partial charge in [0.25, 0.3) is 0 Å². The first-order chi connectivity index (χ1) is 11.2. The SMILES string of the molecule is COc1cc(-c2cc3nccc(-c4cnn(C)c4)c3o2)ccn1. The molecule has 0 saturated carbocycles. The summed E-state index contributed by atoms with van der Waals surface area (Å²) in [4.78, 5) is 8.51. The normalized spacial score (nSPS) is 11.0. The molecule has 0 unspecified atom stereocenters. The van der Waals surface area contributed by atoms with Crippen LogP contribution in [0.2, 0.25) is 0 Å². The van der Waals surface area contributed by atoms with Crippen LogP contribution in [-0.2, 0) is 7.05 Å². The molecule has 114 valence electrons. The number of rotatable bonds is 3. The molecule has 0 radical (unpaired) electrons. The molecule has 4 aromatic heterocycles. The summed E-state index contributed by atoms with van der Waals surface area (Å²) in [5, 5.41) is 4.22. The van der Waals surface area contributed by atoms with E-state index < -0.39 is 0 Å². The topological polar surface area (TPSA) is 66.0 Å². The van der Waals surface area contributed by atoms with Crippen LogP contribution in [0.25, 0.3) is 33.6 Å². The number of methoxy groups -OCH3 is 1. The third kappa shape index (κ3) is 2.34. The van der Waals surface area contributed by atoms with Crippen molar-refractivity contribution in [2.24, 2.45) is 7.05 Å². The molecule has 0 aliphatic carbocycles. The van der Waals surface area contributed by atoms with Crippen molar-refractivity contribution in [3.05, 3.63) is 49.1 Å². The van der Waals surface area contributed by atoms with Gasteiger partial charge in [-0.05, 0) is 12.1 Å². The van der Waals surface area contributed by atoms with Gasteiger partial charge in [0.15, 0.2) is 5.58 Å². The summed E-state index contributed by atoms with van der Waals surface area (Å²) in [5.41, 5.74) is 4.40. The molecule has 6 heteroatoms. The van der Waals surface area contributed by atoms with Crippen molar-refractivity contribution in [1.82, 2.24) is 19.7 Å². The van der Waals surface area contributed by atoms with Gasteiger partial charge in [0, 0.05) is 54.5 Å². The fourth-order valence-electron chi connectivity index (χ4n) is 2.54. The van der Waals surface area contributed by atoms with Crippen LogP contribution in [0.4, 0.5) is 0 Å². The number of hydrogen-bond donors (Lipinski definition) is 0. The molecule has 4 aromatic rings. The molecule has 0 atom stereocenters. The molecule has 6 nitrogen and oxygen atoms in total. The van der Waals surface area contributed by atoms with Crippen LogP contribution in [0.3, 0.4) is 0 Å². The first-order valence-corrected chi connectivity index (χ1v) is 7.12. The van der Waals surface area contributed by atoms with E-state index in [1.807, 2.05) is 43.7 Å². The van der Waals surface area contributed by atoms with E-state index in [2.05, 4.69) is 15.1 Å². The molecule has 23 heavy (non-hydrogen) atoms. The number of furan rings is 1. The second kappa shape index (κ2) is 5.24. The Kier molecular flexibility index (Phi) is 3.08. The van der Waals surface area contributed by atoms with E-state index in [1.54, 1.807) is 24.2 Å². The number of ether oxygens (including phenoxy) is 1. The van der Waals surface area contributed by atoms with Crippen LogP contribution < -0.4 is 4.74 Å². The summed E-state index contributed by atoms with van der Waals surface area (Å²) in [6.07, 6.45) is 7.23. The van der Waals surface area contributed by atoms with Gasteiger partial charge in [-0.1, -0.05) is 0 Å². The molecule has 0 amide bonds. The van der Waals surface area contributed by atoms with Crippen LogP contribution in [0.1, 0.15) is 0 Å². The molecule has 0 aromatic carbocycles. The second-order valence-electron chi connectivity index (χ2n) is 5.17. The van der Waals surface area contributed by atoms with Gasteiger partial charge in [-0.2, -0.15) is 5.10 Å². The Morgan fingerprint density at radius 2 is 1.96 bits per heavy atom. The largest absolute Gasteiger partial charge is 0.481 e. The smallest absolute Gasteiger partial charge is 0.213 e. The minimum atomic E-state index is 0.545. The number of nitrogens with zero attached hydrogens (tertiary/aromatic N) is 4. The van der Waals surface area contributed by atoms with E-state index in [4.69, 9.17) is 9.15 Å². The summed E-state index contributed by atoms with van der Waals surface area (Å²) in [6.45, 7) is 0. The van der Waals surface area contributed by atoms with E-state index in [0.717, 1.165) is 33.6 Å². The maximum Gasteiger partial charge on any atom is 0.213 e. The lowest BCUT2D eigenvalue weighted by molar-refractivity contribution is 0.398. The Morgan fingerprint density at radius 3 is 2.74 bits per heavy atom. The standard InChI is InChI=1S/C17H14N4O2/c1-21-10-12(9-20-21)13-4-6-18-14-8-15(23-17(13)14)11-3-5-19-16(7-11)22-2/h3-10H,1-2H3. The first-order valence-electron chi connectivity index (χ1n) is 7.12. The van der Waals surface area contributed by atoms with Crippen molar-refractivity contribution >= 4 is 11.1 Å². The third-order valence-corrected chi connectivity index (χ3v) is 3.66. The van der Waals surface area contributed by atoms with E-state index >= 15 is 0 Å². The highest BCUT2D eigenvalue weighted by Gasteiger charge is 2.13. The van der Waals surface area contributed by atoms with Gasteiger partial charge in [0.2, 0.25) is 5.88 Å². The van der Waals surface area contributed by atoms with E-state index in [-0.39, 0.29) is 0 Å². The molecular formula is C17H14N4O2. The number of pyridine rings is 2. The van der Waals surface area contributed by atoms with Gasteiger partial charge in [0.05, 0.1) is 13.3 Å². The van der Waals surface area contributed by atoms with Crippen LogP contribution in [0.5, 0.6) is 5.88 Å². The van der Waals surface area contributed by atoms with Gasteiger partial charge < -0.3 is 9.15 Å². The third-order valence-electron chi connectivity index (χ3n) is 3.66. The Bertz CT molecular complexity index is 987. The van der Waals surface area contributed by atoms with Gasteiger partial charge in [-0.3, -0.25) is 9.67 Å². The van der Waals surface area contributed by atoms with E-state index in [9.17, 15) is 0 Å². The molecule has 4 heterocycles. The van der Waals surface area contributed by atoms with Crippen molar-refractivity contribution in [3.8, 4) is 28.3 Å². The van der Waals surface area contributed by atoms with Crippen LogP contribution >= 0.6 is 0 Å². The zero-order valence-corrected chi connectivity index (χ0v) is 12.7. The molecule has 0 fully saturated rings. The molecule has 0 spiro atoms. The van der Waals surface area contributed by atoms with Crippen molar-refractivity contribution in [2.45, 2.75) is 0 Å². The summed E-state index contributed by atoms with van der Waals surface area (Å²) >= 11 is 0. The van der Waals surface area contributed by atoms with Crippen LogP contribution in [0, 0.1) is 0 Å². The van der Waals surface area contributed by atoms with Gasteiger partial charge in [-0.15, -0.1) is 0 Å². The van der Waals surface area contributed by atoms with Crippen molar-refractivity contribution in [3.63, 3.8) is 0 Å².